The van der Waals surface area contributed by atoms with Crippen LogP contribution in [-0.4, -0.2) is 23.8 Å². The van der Waals surface area contributed by atoms with E-state index in [0.29, 0.717) is 5.92 Å². The molecule has 66 valence electrons. The molecular weight excluding hydrogens is 138 g/mol. The van der Waals surface area contributed by atoms with Crippen LogP contribution in [0.3, 0.4) is 0 Å². The maximum absolute atomic E-state index is 9.76. The topological polar surface area (TPSA) is 32.3 Å². The van der Waals surface area contributed by atoms with Crippen LogP contribution < -0.4 is 5.32 Å². The third kappa shape index (κ3) is 2.80. The van der Waals surface area contributed by atoms with Crippen molar-refractivity contribution in [2.75, 3.05) is 13.1 Å². The molecule has 11 heavy (non-hydrogen) atoms. The van der Waals surface area contributed by atoms with Gasteiger partial charge in [0.1, 0.15) is 0 Å². The van der Waals surface area contributed by atoms with Crippen LogP contribution in [0.4, 0.5) is 0 Å². The predicted molar refractivity (Wildman–Crippen MR) is 46.5 cm³/mol. The van der Waals surface area contributed by atoms with Gasteiger partial charge in [0, 0.05) is 0 Å². The van der Waals surface area contributed by atoms with Gasteiger partial charge in [0.05, 0.1) is 5.60 Å². The van der Waals surface area contributed by atoms with E-state index in [0.717, 1.165) is 25.9 Å². The molecule has 0 amide bonds. The fourth-order valence-corrected chi connectivity index (χ4v) is 1.65. The van der Waals surface area contributed by atoms with Gasteiger partial charge >= 0.3 is 0 Å². The number of rotatable bonds is 3. The van der Waals surface area contributed by atoms with E-state index in [9.17, 15) is 5.11 Å². The van der Waals surface area contributed by atoms with Gasteiger partial charge in [0.15, 0.2) is 0 Å². The van der Waals surface area contributed by atoms with E-state index in [4.69, 9.17) is 0 Å². The molecule has 1 fully saturated rings. The summed E-state index contributed by atoms with van der Waals surface area (Å²) >= 11 is 0. The molecule has 1 saturated heterocycles. The molecule has 0 aliphatic carbocycles. The van der Waals surface area contributed by atoms with Gasteiger partial charge in [-0.05, 0) is 45.2 Å². The molecule has 0 aromatic rings. The maximum Gasteiger partial charge on any atom is 0.0620 e. The Hall–Kier alpha value is -0.0800. The first kappa shape index (κ1) is 9.01. The van der Waals surface area contributed by atoms with Crippen molar-refractivity contribution in [3.8, 4) is 0 Å². The molecule has 2 N–H and O–H groups in total. The summed E-state index contributed by atoms with van der Waals surface area (Å²) in [6, 6.07) is 0. The average molecular weight is 157 g/mol. The smallest absolute Gasteiger partial charge is 0.0620 e. The molecule has 2 unspecified atom stereocenters. The lowest BCUT2D eigenvalue weighted by molar-refractivity contribution is 0.0325. The van der Waals surface area contributed by atoms with Crippen LogP contribution in [0, 0.1) is 5.92 Å². The predicted octanol–water partition coefficient (Wildman–Crippen LogP) is 1.15. The van der Waals surface area contributed by atoms with Crippen molar-refractivity contribution in [2.24, 2.45) is 5.92 Å². The highest BCUT2D eigenvalue weighted by Gasteiger charge is 2.25. The molecule has 1 rings (SSSR count). The Morgan fingerprint density at radius 1 is 1.64 bits per heavy atom. The Labute approximate surface area is 69.0 Å². The van der Waals surface area contributed by atoms with Crippen LogP contribution >= 0.6 is 0 Å². The molecule has 2 nitrogen and oxygen atoms in total. The Kier molecular flexibility index (Phi) is 2.90. The molecule has 1 aliphatic heterocycles. The van der Waals surface area contributed by atoms with E-state index in [-0.39, 0.29) is 0 Å². The van der Waals surface area contributed by atoms with Crippen LogP contribution in [0.25, 0.3) is 0 Å². The number of hydrogen-bond donors (Lipinski definition) is 2. The standard InChI is InChI=1S/C9H19NO/c1-3-9(2,11)6-8-4-5-10-7-8/h8,10-11H,3-7H2,1-2H3. The van der Waals surface area contributed by atoms with Crippen molar-refractivity contribution in [3.05, 3.63) is 0 Å². The van der Waals surface area contributed by atoms with Crippen molar-refractivity contribution in [1.82, 2.24) is 5.32 Å². The van der Waals surface area contributed by atoms with E-state index in [1.165, 1.54) is 6.42 Å². The molecule has 0 aromatic carbocycles. The van der Waals surface area contributed by atoms with Gasteiger partial charge in [-0.1, -0.05) is 6.92 Å². The molecule has 0 spiro atoms. The first-order chi connectivity index (χ1) is 5.14. The molecule has 0 saturated carbocycles. The van der Waals surface area contributed by atoms with Crippen LogP contribution in [-0.2, 0) is 0 Å². The SMILES string of the molecule is CCC(C)(O)CC1CCNC1. The second-order valence-corrected chi connectivity index (χ2v) is 3.91. The first-order valence-corrected chi connectivity index (χ1v) is 4.57. The van der Waals surface area contributed by atoms with Crippen LogP contribution in [0.15, 0.2) is 0 Å². The van der Waals surface area contributed by atoms with Gasteiger partial charge in [-0.2, -0.15) is 0 Å². The van der Waals surface area contributed by atoms with E-state index in [1.807, 2.05) is 13.8 Å². The summed E-state index contributed by atoms with van der Waals surface area (Å²) in [4.78, 5) is 0. The zero-order chi connectivity index (χ0) is 8.32. The molecule has 2 atom stereocenters. The Bertz CT molecular complexity index is 117. The second-order valence-electron chi connectivity index (χ2n) is 3.91. The summed E-state index contributed by atoms with van der Waals surface area (Å²) in [5.41, 5.74) is -0.434. The Balaban J connectivity index is 2.28. The van der Waals surface area contributed by atoms with Gasteiger partial charge in [0.25, 0.3) is 0 Å². The molecule has 0 aromatic heterocycles. The summed E-state index contributed by atoms with van der Waals surface area (Å²) in [5.74, 6) is 0.699. The number of nitrogens with one attached hydrogen (secondary N) is 1. The lowest BCUT2D eigenvalue weighted by atomic mass is 9.89. The van der Waals surface area contributed by atoms with Gasteiger partial charge in [-0.25, -0.2) is 0 Å². The van der Waals surface area contributed by atoms with E-state index in [1.54, 1.807) is 0 Å². The van der Waals surface area contributed by atoms with Gasteiger partial charge in [-0.3, -0.25) is 0 Å². The highest BCUT2D eigenvalue weighted by atomic mass is 16.3. The zero-order valence-electron chi connectivity index (χ0n) is 7.56. The normalized spacial score (nSPS) is 30.3. The van der Waals surface area contributed by atoms with E-state index < -0.39 is 5.60 Å². The highest BCUT2D eigenvalue weighted by Crippen LogP contribution is 2.23. The number of hydrogen-bond acceptors (Lipinski definition) is 2. The van der Waals surface area contributed by atoms with Crippen molar-refractivity contribution in [2.45, 2.75) is 38.7 Å². The summed E-state index contributed by atoms with van der Waals surface area (Å²) in [6.45, 7) is 6.20. The highest BCUT2D eigenvalue weighted by molar-refractivity contribution is 4.80. The van der Waals surface area contributed by atoms with Crippen molar-refractivity contribution < 1.29 is 5.11 Å². The fraction of sp³-hybridized carbons (Fsp3) is 1.00. The van der Waals surface area contributed by atoms with Gasteiger partial charge < -0.3 is 10.4 Å². The maximum atomic E-state index is 9.76. The Morgan fingerprint density at radius 3 is 2.82 bits per heavy atom. The second kappa shape index (κ2) is 3.55. The first-order valence-electron chi connectivity index (χ1n) is 4.57. The fourth-order valence-electron chi connectivity index (χ4n) is 1.65. The number of aliphatic hydroxyl groups is 1. The summed E-state index contributed by atoms with van der Waals surface area (Å²) in [7, 11) is 0. The third-order valence-corrected chi connectivity index (χ3v) is 2.65. The average Bonchev–Trinajstić information content (AvgIpc) is 2.39. The third-order valence-electron chi connectivity index (χ3n) is 2.65. The lowest BCUT2D eigenvalue weighted by Crippen LogP contribution is -2.27. The minimum atomic E-state index is -0.434. The summed E-state index contributed by atoms with van der Waals surface area (Å²) < 4.78 is 0. The monoisotopic (exact) mass is 157 g/mol. The minimum Gasteiger partial charge on any atom is -0.390 e. The van der Waals surface area contributed by atoms with Crippen LogP contribution in [0.5, 0.6) is 0 Å². The van der Waals surface area contributed by atoms with E-state index >= 15 is 0 Å². The van der Waals surface area contributed by atoms with E-state index in [2.05, 4.69) is 5.32 Å². The van der Waals surface area contributed by atoms with Crippen molar-refractivity contribution in [1.29, 1.82) is 0 Å². The van der Waals surface area contributed by atoms with Crippen LogP contribution in [0.1, 0.15) is 33.1 Å². The summed E-state index contributed by atoms with van der Waals surface area (Å²) in [5, 5.41) is 13.1. The van der Waals surface area contributed by atoms with Crippen molar-refractivity contribution in [3.63, 3.8) is 0 Å². The van der Waals surface area contributed by atoms with Crippen LogP contribution in [0.2, 0.25) is 0 Å². The summed E-state index contributed by atoms with van der Waals surface area (Å²) in [6.07, 6.45) is 3.05. The molecule has 0 bridgehead atoms. The lowest BCUT2D eigenvalue weighted by Gasteiger charge is -2.24. The molecule has 0 radical (unpaired) electrons. The molecule has 1 aliphatic rings. The van der Waals surface area contributed by atoms with Gasteiger partial charge in [-0.15, -0.1) is 0 Å². The molecular formula is C9H19NO. The van der Waals surface area contributed by atoms with Gasteiger partial charge in [0.2, 0.25) is 0 Å². The zero-order valence-corrected chi connectivity index (χ0v) is 7.56. The largest absolute Gasteiger partial charge is 0.390 e. The Morgan fingerprint density at radius 2 is 2.36 bits per heavy atom. The molecule has 1 heterocycles. The molecule has 2 heteroatoms. The van der Waals surface area contributed by atoms with Crippen molar-refractivity contribution >= 4 is 0 Å². The minimum absolute atomic E-state index is 0.434. The quantitative estimate of drug-likeness (QED) is 0.644.